The third kappa shape index (κ3) is 3.79. The zero-order valence-electron chi connectivity index (χ0n) is 14.5. The minimum absolute atomic E-state index is 0.161. The summed E-state index contributed by atoms with van der Waals surface area (Å²) in [5.74, 6) is 2.59. The van der Waals surface area contributed by atoms with Gasteiger partial charge in [-0.05, 0) is 63.1 Å². The number of ether oxygens (including phenoxy) is 1. The van der Waals surface area contributed by atoms with Gasteiger partial charge in [-0.1, -0.05) is 26.0 Å². The predicted octanol–water partition coefficient (Wildman–Crippen LogP) is 4.39. The summed E-state index contributed by atoms with van der Waals surface area (Å²) in [5.41, 5.74) is 1.86. The lowest BCUT2D eigenvalue weighted by Crippen LogP contribution is -2.53. The van der Waals surface area contributed by atoms with Crippen LogP contribution in [0.3, 0.4) is 0 Å². The van der Waals surface area contributed by atoms with Crippen LogP contribution in [-0.4, -0.2) is 19.2 Å². The first kappa shape index (κ1) is 16.4. The van der Waals surface area contributed by atoms with Crippen LogP contribution in [0.2, 0.25) is 0 Å². The lowest BCUT2D eigenvalue weighted by Gasteiger charge is -2.51. The van der Waals surface area contributed by atoms with E-state index in [9.17, 15) is 0 Å². The second-order valence-electron chi connectivity index (χ2n) is 8.03. The van der Waals surface area contributed by atoms with Crippen LogP contribution >= 0.6 is 0 Å². The van der Waals surface area contributed by atoms with Crippen molar-refractivity contribution in [2.24, 2.45) is 11.8 Å². The molecular weight excluding hydrogens is 258 g/mol. The van der Waals surface area contributed by atoms with Gasteiger partial charge in [0.25, 0.3) is 0 Å². The van der Waals surface area contributed by atoms with Crippen molar-refractivity contribution < 1.29 is 4.74 Å². The van der Waals surface area contributed by atoms with Crippen molar-refractivity contribution in [3.63, 3.8) is 0 Å². The van der Waals surface area contributed by atoms with Crippen molar-refractivity contribution in [1.29, 1.82) is 0 Å². The maximum atomic E-state index is 5.42. The highest BCUT2D eigenvalue weighted by atomic mass is 16.5. The van der Waals surface area contributed by atoms with E-state index in [-0.39, 0.29) is 11.0 Å². The second kappa shape index (κ2) is 6.00. The molecule has 0 saturated heterocycles. The summed E-state index contributed by atoms with van der Waals surface area (Å²) in [4.78, 5) is 0. The Bertz CT molecular complexity index is 467. The Kier molecular flexibility index (Phi) is 4.67. The van der Waals surface area contributed by atoms with Crippen LogP contribution in [0.1, 0.15) is 53.0 Å². The Labute approximate surface area is 130 Å². The molecule has 118 valence electrons. The van der Waals surface area contributed by atoms with Crippen molar-refractivity contribution in [3.05, 3.63) is 29.8 Å². The van der Waals surface area contributed by atoms with E-state index in [2.05, 4.69) is 58.1 Å². The minimum atomic E-state index is 0.161. The van der Waals surface area contributed by atoms with E-state index in [0.29, 0.717) is 0 Å². The highest BCUT2D eigenvalue weighted by Gasteiger charge is 2.46. The van der Waals surface area contributed by atoms with Crippen molar-refractivity contribution in [2.45, 2.75) is 58.4 Å². The first-order chi connectivity index (χ1) is 9.76. The van der Waals surface area contributed by atoms with Gasteiger partial charge in [0, 0.05) is 17.5 Å². The van der Waals surface area contributed by atoms with E-state index in [0.717, 1.165) is 24.1 Å². The van der Waals surface area contributed by atoms with Crippen LogP contribution < -0.4 is 10.1 Å². The fourth-order valence-corrected chi connectivity index (χ4v) is 3.28. The molecule has 21 heavy (non-hydrogen) atoms. The Morgan fingerprint density at radius 2 is 1.95 bits per heavy atom. The lowest BCUT2D eigenvalue weighted by molar-refractivity contribution is 0.0910. The van der Waals surface area contributed by atoms with E-state index in [1.165, 1.54) is 18.4 Å². The van der Waals surface area contributed by atoms with Gasteiger partial charge in [-0.3, -0.25) is 0 Å². The van der Waals surface area contributed by atoms with E-state index in [1.54, 1.807) is 7.11 Å². The highest BCUT2D eigenvalue weighted by Crippen LogP contribution is 2.51. The Hall–Kier alpha value is -1.02. The number of rotatable bonds is 5. The number of hydrogen-bond acceptors (Lipinski definition) is 2. The summed E-state index contributed by atoms with van der Waals surface area (Å²) in [6, 6.07) is 8.65. The smallest absolute Gasteiger partial charge is 0.119 e. The molecule has 2 nitrogen and oxygen atoms in total. The molecule has 0 aliphatic heterocycles. The number of hydrogen-bond donors (Lipinski definition) is 1. The Morgan fingerprint density at radius 1 is 1.29 bits per heavy atom. The van der Waals surface area contributed by atoms with Gasteiger partial charge in [0.2, 0.25) is 0 Å². The van der Waals surface area contributed by atoms with E-state index < -0.39 is 0 Å². The van der Waals surface area contributed by atoms with E-state index >= 15 is 0 Å². The van der Waals surface area contributed by atoms with Gasteiger partial charge in [-0.25, -0.2) is 0 Å². The van der Waals surface area contributed by atoms with Crippen molar-refractivity contribution in [2.75, 3.05) is 13.7 Å². The highest BCUT2D eigenvalue weighted by molar-refractivity contribution is 5.36. The monoisotopic (exact) mass is 289 g/mol. The summed E-state index contributed by atoms with van der Waals surface area (Å²) < 4.78 is 5.42. The van der Waals surface area contributed by atoms with Crippen LogP contribution in [0.15, 0.2) is 24.3 Å². The van der Waals surface area contributed by atoms with Crippen molar-refractivity contribution in [1.82, 2.24) is 5.32 Å². The molecule has 1 N–H and O–H groups in total. The largest absolute Gasteiger partial charge is 0.497 e. The van der Waals surface area contributed by atoms with Crippen molar-refractivity contribution >= 4 is 0 Å². The summed E-state index contributed by atoms with van der Waals surface area (Å²) in [7, 11) is 1.75. The summed E-state index contributed by atoms with van der Waals surface area (Å²) in [6.07, 6.45) is 2.56. The lowest BCUT2D eigenvalue weighted by atomic mass is 9.55. The maximum Gasteiger partial charge on any atom is 0.119 e. The zero-order chi connectivity index (χ0) is 15.7. The molecule has 0 amide bonds. The molecular formula is C19H31NO. The van der Waals surface area contributed by atoms with Gasteiger partial charge in [0.15, 0.2) is 0 Å². The topological polar surface area (TPSA) is 21.3 Å². The molecule has 0 bridgehead atoms. The Balaban J connectivity index is 2.20. The summed E-state index contributed by atoms with van der Waals surface area (Å²) in [5, 5.41) is 3.72. The number of methoxy groups -OCH3 is 1. The molecule has 1 aliphatic carbocycles. The molecule has 0 spiro atoms. The molecule has 2 heteroatoms. The number of benzene rings is 1. The molecule has 1 aromatic carbocycles. The van der Waals surface area contributed by atoms with Gasteiger partial charge in [0.05, 0.1) is 7.11 Å². The fraction of sp³-hybridized carbons (Fsp3) is 0.684. The Morgan fingerprint density at radius 3 is 2.48 bits per heavy atom. The molecule has 1 aromatic rings. The normalized spacial score (nSPS) is 25.8. The first-order valence-electron chi connectivity index (χ1n) is 8.15. The van der Waals surface area contributed by atoms with Gasteiger partial charge >= 0.3 is 0 Å². The van der Waals surface area contributed by atoms with Gasteiger partial charge in [-0.15, -0.1) is 0 Å². The van der Waals surface area contributed by atoms with Crippen LogP contribution in [0, 0.1) is 11.8 Å². The van der Waals surface area contributed by atoms with Crippen LogP contribution in [0.4, 0.5) is 0 Å². The SMILES string of the molecule is COc1cccc(C2(CNC(C)(C)C)CC(C(C)C)C2)c1. The second-order valence-corrected chi connectivity index (χ2v) is 8.03. The standard InChI is InChI=1S/C19H31NO/c1-14(2)15-11-19(12-15,13-20-18(3,4)5)16-8-7-9-17(10-16)21-6/h7-10,14-15,20H,11-13H2,1-6H3. The molecule has 0 atom stereocenters. The summed E-state index contributed by atoms with van der Waals surface area (Å²) >= 11 is 0. The van der Waals surface area contributed by atoms with Crippen LogP contribution in [-0.2, 0) is 5.41 Å². The fourth-order valence-electron chi connectivity index (χ4n) is 3.28. The van der Waals surface area contributed by atoms with Gasteiger partial charge in [-0.2, -0.15) is 0 Å². The third-order valence-electron chi connectivity index (χ3n) is 4.89. The molecule has 0 heterocycles. The molecule has 0 unspecified atom stereocenters. The molecule has 1 fully saturated rings. The predicted molar refractivity (Wildman–Crippen MR) is 90.0 cm³/mol. The number of nitrogens with one attached hydrogen (secondary N) is 1. The molecule has 1 saturated carbocycles. The summed E-state index contributed by atoms with van der Waals surface area (Å²) in [6.45, 7) is 12.5. The quantitative estimate of drug-likeness (QED) is 0.868. The molecule has 2 rings (SSSR count). The minimum Gasteiger partial charge on any atom is -0.497 e. The average Bonchev–Trinajstić information content (AvgIpc) is 2.36. The van der Waals surface area contributed by atoms with E-state index in [1.807, 2.05) is 6.07 Å². The molecule has 1 aliphatic rings. The first-order valence-corrected chi connectivity index (χ1v) is 8.15. The van der Waals surface area contributed by atoms with Crippen LogP contribution in [0.5, 0.6) is 5.75 Å². The van der Waals surface area contributed by atoms with E-state index in [4.69, 9.17) is 4.74 Å². The van der Waals surface area contributed by atoms with Gasteiger partial charge < -0.3 is 10.1 Å². The zero-order valence-corrected chi connectivity index (χ0v) is 14.5. The van der Waals surface area contributed by atoms with Gasteiger partial charge in [0.1, 0.15) is 5.75 Å². The molecule has 0 aromatic heterocycles. The average molecular weight is 289 g/mol. The van der Waals surface area contributed by atoms with Crippen LogP contribution in [0.25, 0.3) is 0 Å². The van der Waals surface area contributed by atoms with Crippen molar-refractivity contribution in [3.8, 4) is 5.75 Å². The maximum absolute atomic E-state index is 5.42. The molecule has 0 radical (unpaired) electrons. The third-order valence-corrected chi connectivity index (χ3v) is 4.89.